The Kier molecular flexibility index (Phi) is 4.63. The van der Waals surface area contributed by atoms with E-state index < -0.39 is 0 Å². The maximum Gasteiger partial charge on any atom is 0.259 e. The monoisotopic (exact) mass is 355 g/mol. The summed E-state index contributed by atoms with van der Waals surface area (Å²) < 4.78 is 5.14. The number of carbonyl (C=O) groups is 1. The van der Waals surface area contributed by atoms with Crippen LogP contribution in [0.15, 0.2) is 29.4 Å². The van der Waals surface area contributed by atoms with Gasteiger partial charge in [0.2, 0.25) is 0 Å². The molecule has 0 unspecified atom stereocenters. The van der Waals surface area contributed by atoms with Crippen molar-refractivity contribution in [2.45, 2.75) is 45.4 Å². The van der Waals surface area contributed by atoms with Gasteiger partial charge in [0.15, 0.2) is 0 Å². The van der Waals surface area contributed by atoms with Crippen molar-refractivity contribution in [1.82, 2.24) is 5.43 Å². The van der Waals surface area contributed by atoms with Crippen LogP contribution in [0, 0.1) is 23.2 Å². The fraction of sp³-hybridized carbons (Fsp3) is 0.619. The van der Waals surface area contributed by atoms with Crippen molar-refractivity contribution in [2.24, 2.45) is 28.3 Å². The molecule has 4 fully saturated rings. The molecule has 4 aliphatic rings. The number of amides is 1. The topological polar surface area (TPSA) is 62.7 Å². The van der Waals surface area contributed by atoms with Crippen LogP contribution in [0.2, 0.25) is 0 Å². The molecule has 5 nitrogen and oxygen atoms in total. The maximum absolute atomic E-state index is 12.2. The van der Waals surface area contributed by atoms with E-state index in [2.05, 4.69) is 22.8 Å². The van der Waals surface area contributed by atoms with Crippen molar-refractivity contribution in [2.75, 3.05) is 19.0 Å². The third-order valence-electron chi connectivity index (χ3n) is 6.70. The van der Waals surface area contributed by atoms with Crippen LogP contribution in [0.3, 0.4) is 0 Å². The highest BCUT2D eigenvalue weighted by molar-refractivity contribution is 5.90. The van der Waals surface area contributed by atoms with Crippen molar-refractivity contribution < 1.29 is 9.53 Å². The largest absolute Gasteiger partial charge is 0.497 e. The second-order valence-corrected chi connectivity index (χ2v) is 8.51. The first kappa shape index (κ1) is 17.4. The summed E-state index contributed by atoms with van der Waals surface area (Å²) in [4.78, 5) is 12.2. The Labute approximate surface area is 155 Å². The van der Waals surface area contributed by atoms with Crippen LogP contribution in [0.25, 0.3) is 0 Å². The first-order valence-corrected chi connectivity index (χ1v) is 9.78. The third kappa shape index (κ3) is 3.44. The Balaban J connectivity index is 1.31. The van der Waals surface area contributed by atoms with E-state index in [1.54, 1.807) is 7.11 Å². The second-order valence-electron chi connectivity index (χ2n) is 8.51. The zero-order valence-corrected chi connectivity index (χ0v) is 15.8. The highest BCUT2D eigenvalue weighted by Crippen LogP contribution is 2.60. The molecule has 0 radical (unpaired) electrons. The van der Waals surface area contributed by atoms with Gasteiger partial charge in [-0.3, -0.25) is 4.79 Å². The minimum absolute atomic E-state index is 0.107. The van der Waals surface area contributed by atoms with Gasteiger partial charge in [0.1, 0.15) is 5.75 Å². The lowest BCUT2D eigenvalue weighted by Gasteiger charge is -2.56. The quantitative estimate of drug-likeness (QED) is 0.602. The summed E-state index contributed by atoms with van der Waals surface area (Å²) >= 11 is 0. The predicted octanol–water partition coefficient (Wildman–Crippen LogP) is 3.82. The van der Waals surface area contributed by atoms with Gasteiger partial charge in [-0.05, 0) is 87.5 Å². The molecule has 5 heteroatoms. The number of nitrogens with zero attached hydrogens (tertiary/aromatic N) is 1. The van der Waals surface area contributed by atoms with E-state index in [0.717, 1.165) is 34.9 Å². The summed E-state index contributed by atoms with van der Waals surface area (Å²) in [5.74, 6) is 3.36. The first-order chi connectivity index (χ1) is 12.6. The van der Waals surface area contributed by atoms with E-state index in [4.69, 9.17) is 4.74 Å². The summed E-state index contributed by atoms with van der Waals surface area (Å²) in [7, 11) is 1.64. The van der Waals surface area contributed by atoms with Gasteiger partial charge >= 0.3 is 0 Å². The summed E-state index contributed by atoms with van der Waals surface area (Å²) in [6.45, 7) is 2.33. The maximum atomic E-state index is 12.2. The minimum Gasteiger partial charge on any atom is -0.497 e. The van der Waals surface area contributed by atoms with Crippen LogP contribution in [-0.2, 0) is 4.79 Å². The number of methoxy groups -OCH3 is 1. The molecule has 2 N–H and O–H groups in total. The second kappa shape index (κ2) is 6.93. The molecule has 0 saturated heterocycles. The fourth-order valence-corrected chi connectivity index (χ4v) is 5.75. The first-order valence-electron chi connectivity index (χ1n) is 9.78. The SMILES string of the molecule is COc1ccc(NCC(=O)N/N=C(/C)C23CC4CC(CC(C4)C2)C3)cc1. The van der Waals surface area contributed by atoms with Crippen molar-refractivity contribution in [1.29, 1.82) is 0 Å². The number of benzene rings is 1. The number of rotatable bonds is 6. The summed E-state index contributed by atoms with van der Waals surface area (Å²) in [5.41, 5.74) is 5.04. The van der Waals surface area contributed by atoms with Gasteiger partial charge in [0.05, 0.1) is 13.7 Å². The zero-order valence-electron chi connectivity index (χ0n) is 15.8. The number of nitrogens with one attached hydrogen (secondary N) is 2. The Bertz CT molecular complexity index is 660. The molecule has 4 saturated carbocycles. The molecule has 1 aromatic carbocycles. The van der Waals surface area contributed by atoms with Crippen LogP contribution in [0.1, 0.15) is 45.4 Å². The molecule has 0 aliphatic heterocycles. The molecule has 5 rings (SSSR count). The van der Waals surface area contributed by atoms with Crippen molar-refractivity contribution in [3.63, 3.8) is 0 Å². The van der Waals surface area contributed by atoms with Gasteiger partial charge < -0.3 is 10.1 Å². The Morgan fingerprint density at radius 1 is 1.12 bits per heavy atom. The molecular weight excluding hydrogens is 326 g/mol. The average molecular weight is 355 g/mol. The number of hydrogen-bond donors (Lipinski definition) is 2. The van der Waals surface area contributed by atoms with E-state index in [-0.39, 0.29) is 17.9 Å². The van der Waals surface area contributed by atoms with Crippen LogP contribution in [0.5, 0.6) is 5.75 Å². The molecule has 0 spiro atoms. The fourth-order valence-electron chi connectivity index (χ4n) is 5.75. The lowest BCUT2D eigenvalue weighted by Crippen LogP contribution is -2.49. The molecule has 4 bridgehead atoms. The predicted molar refractivity (Wildman–Crippen MR) is 103 cm³/mol. The Hall–Kier alpha value is -2.04. The number of ether oxygens (including phenoxy) is 1. The van der Waals surface area contributed by atoms with E-state index >= 15 is 0 Å². The highest BCUT2D eigenvalue weighted by Gasteiger charge is 2.52. The van der Waals surface area contributed by atoms with Gasteiger partial charge in [0.25, 0.3) is 5.91 Å². The smallest absolute Gasteiger partial charge is 0.259 e. The standard InChI is InChI=1S/C21H29N3O2/c1-14(21-10-15-7-16(11-21)9-17(8-15)12-21)23-24-20(25)13-22-18-3-5-19(26-2)6-4-18/h3-6,15-17,22H,7-13H2,1-2H3,(H,24,25)/b23-14-. The number of hydrogen-bond acceptors (Lipinski definition) is 4. The number of hydrazone groups is 1. The molecule has 1 amide bonds. The van der Waals surface area contributed by atoms with Crippen molar-refractivity contribution in [3.8, 4) is 5.75 Å². The number of carbonyl (C=O) groups excluding carboxylic acids is 1. The van der Waals surface area contributed by atoms with E-state index in [0.29, 0.717) is 0 Å². The van der Waals surface area contributed by atoms with Crippen LogP contribution in [0.4, 0.5) is 5.69 Å². The van der Waals surface area contributed by atoms with Gasteiger partial charge in [-0.2, -0.15) is 5.10 Å². The molecule has 26 heavy (non-hydrogen) atoms. The van der Waals surface area contributed by atoms with Gasteiger partial charge in [-0.25, -0.2) is 5.43 Å². The van der Waals surface area contributed by atoms with Crippen LogP contribution in [-0.4, -0.2) is 25.3 Å². The number of anilines is 1. The van der Waals surface area contributed by atoms with Crippen molar-refractivity contribution in [3.05, 3.63) is 24.3 Å². The van der Waals surface area contributed by atoms with Gasteiger partial charge in [0, 0.05) is 16.8 Å². The van der Waals surface area contributed by atoms with Crippen molar-refractivity contribution >= 4 is 17.3 Å². The highest BCUT2D eigenvalue weighted by atomic mass is 16.5. The van der Waals surface area contributed by atoms with Gasteiger partial charge in [-0.1, -0.05) is 0 Å². The minimum atomic E-state index is -0.107. The van der Waals surface area contributed by atoms with E-state index in [1.807, 2.05) is 24.3 Å². The van der Waals surface area contributed by atoms with Gasteiger partial charge in [-0.15, -0.1) is 0 Å². The zero-order chi connectivity index (χ0) is 18.1. The van der Waals surface area contributed by atoms with E-state index in [1.165, 1.54) is 38.5 Å². The third-order valence-corrected chi connectivity index (χ3v) is 6.70. The molecule has 140 valence electrons. The average Bonchev–Trinajstić information content (AvgIpc) is 2.63. The molecular formula is C21H29N3O2. The molecule has 0 aromatic heterocycles. The Morgan fingerprint density at radius 3 is 2.23 bits per heavy atom. The Morgan fingerprint density at radius 2 is 1.69 bits per heavy atom. The van der Waals surface area contributed by atoms with Crippen LogP contribution < -0.4 is 15.5 Å². The lowest BCUT2D eigenvalue weighted by molar-refractivity contribution is -0.119. The normalized spacial score (nSPS) is 32.4. The van der Waals surface area contributed by atoms with E-state index in [9.17, 15) is 4.79 Å². The molecule has 4 aliphatic carbocycles. The van der Waals surface area contributed by atoms with Crippen LogP contribution >= 0.6 is 0 Å². The molecule has 0 atom stereocenters. The molecule has 1 aromatic rings. The molecule has 0 heterocycles. The summed E-state index contributed by atoms with van der Waals surface area (Å²) in [5, 5.41) is 7.63. The summed E-state index contributed by atoms with van der Waals surface area (Å²) in [6.07, 6.45) is 8.08. The lowest BCUT2D eigenvalue weighted by atomic mass is 9.48. The summed E-state index contributed by atoms with van der Waals surface area (Å²) in [6, 6.07) is 7.54.